The molecule has 0 aliphatic carbocycles. The van der Waals surface area contributed by atoms with Gasteiger partial charge in [-0.25, -0.2) is 8.78 Å². The molecule has 0 saturated heterocycles. The Morgan fingerprint density at radius 2 is 1.92 bits per heavy atom. The van der Waals surface area contributed by atoms with Crippen LogP contribution in [0, 0.1) is 11.6 Å². The summed E-state index contributed by atoms with van der Waals surface area (Å²) in [6.45, 7) is -0.225. The number of hydrogen-bond acceptors (Lipinski definition) is 5. The molecule has 0 aliphatic rings. The molecule has 0 fully saturated rings. The van der Waals surface area contributed by atoms with Crippen molar-refractivity contribution in [3.63, 3.8) is 0 Å². The minimum Gasteiger partial charge on any atom is -0.482 e. The van der Waals surface area contributed by atoms with Crippen LogP contribution in [0.3, 0.4) is 0 Å². The summed E-state index contributed by atoms with van der Waals surface area (Å²) < 4.78 is 37.7. The van der Waals surface area contributed by atoms with Crippen LogP contribution in [-0.4, -0.2) is 16.0 Å². The number of carbonyl (C=O) groups excluding carboxylic acids is 1. The minimum absolute atomic E-state index is 0.165. The highest BCUT2D eigenvalue weighted by Crippen LogP contribution is 2.24. The quantitative estimate of drug-likeness (QED) is 0.776. The van der Waals surface area contributed by atoms with E-state index in [2.05, 4.69) is 10.1 Å². The summed E-state index contributed by atoms with van der Waals surface area (Å²) >= 11 is 0. The van der Waals surface area contributed by atoms with Crippen molar-refractivity contribution in [3.05, 3.63) is 65.5 Å². The second-order valence-corrected chi connectivity index (χ2v) is 4.77. The van der Waals surface area contributed by atoms with E-state index in [-0.39, 0.29) is 24.1 Å². The van der Waals surface area contributed by atoms with Crippen LogP contribution in [0.15, 0.2) is 47.0 Å². The number of benzene rings is 2. The Balaban J connectivity index is 1.76. The summed E-state index contributed by atoms with van der Waals surface area (Å²) in [5, 5.41) is 3.71. The molecule has 0 spiro atoms. The van der Waals surface area contributed by atoms with Gasteiger partial charge in [-0.1, -0.05) is 23.4 Å². The first-order valence-corrected chi connectivity index (χ1v) is 6.85. The molecule has 0 atom stereocenters. The van der Waals surface area contributed by atoms with E-state index in [1.165, 1.54) is 0 Å². The largest absolute Gasteiger partial charge is 0.482 e. The number of rotatable bonds is 5. The number of ether oxygens (including phenoxy) is 1. The number of hydrogen-bond donors (Lipinski definition) is 1. The van der Waals surface area contributed by atoms with Gasteiger partial charge in [0.05, 0.1) is 0 Å². The Hall–Kier alpha value is -3.29. The van der Waals surface area contributed by atoms with Gasteiger partial charge in [-0.3, -0.25) is 4.79 Å². The van der Waals surface area contributed by atoms with E-state index in [0.717, 1.165) is 17.7 Å². The van der Waals surface area contributed by atoms with Gasteiger partial charge in [-0.05, 0) is 24.3 Å². The van der Waals surface area contributed by atoms with Crippen molar-refractivity contribution in [3.8, 4) is 17.2 Å². The van der Waals surface area contributed by atoms with E-state index in [9.17, 15) is 13.6 Å². The monoisotopic (exact) mass is 331 g/mol. The molecule has 2 aromatic carbocycles. The molecule has 0 saturated carbocycles. The maximum absolute atomic E-state index is 14.0. The first-order valence-electron chi connectivity index (χ1n) is 6.85. The fraction of sp³-hybridized carbons (Fsp3) is 0.0625. The summed E-state index contributed by atoms with van der Waals surface area (Å²) in [5.74, 6) is -3.34. The molecule has 122 valence electrons. The SMILES string of the molecule is NC(=O)c1c(F)ccc(OCc2noc(-c3ccccc3)n2)c1F. The van der Waals surface area contributed by atoms with Crippen LogP contribution in [0.25, 0.3) is 11.5 Å². The topological polar surface area (TPSA) is 91.2 Å². The second-order valence-electron chi connectivity index (χ2n) is 4.77. The Kier molecular flexibility index (Phi) is 4.19. The summed E-state index contributed by atoms with van der Waals surface area (Å²) in [6, 6.07) is 11.0. The zero-order valence-corrected chi connectivity index (χ0v) is 12.2. The Bertz CT molecular complexity index is 882. The van der Waals surface area contributed by atoms with Gasteiger partial charge in [0.1, 0.15) is 11.4 Å². The third-order valence-corrected chi connectivity index (χ3v) is 3.15. The molecule has 0 unspecified atom stereocenters. The molecule has 3 aromatic rings. The van der Waals surface area contributed by atoms with Gasteiger partial charge >= 0.3 is 0 Å². The number of nitrogens with zero attached hydrogens (tertiary/aromatic N) is 2. The van der Waals surface area contributed by atoms with Gasteiger partial charge in [-0.2, -0.15) is 4.98 Å². The maximum Gasteiger partial charge on any atom is 0.258 e. The highest BCUT2D eigenvalue weighted by Gasteiger charge is 2.19. The van der Waals surface area contributed by atoms with Gasteiger partial charge in [0.2, 0.25) is 5.82 Å². The van der Waals surface area contributed by atoms with Crippen LogP contribution in [0.2, 0.25) is 0 Å². The van der Waals surface area contributed by atoms with Crippen molar-refractivity contribution in [1.29, 1.82) is 0 Å². The number of halogens is 2. The zero-order valence-electron chi connectivity index (χ0n) is 12.2. The highest BCUT2D eigenvalue weighted by molar-refractivity contribution is 5.93. The van der Waals surface area contributed by atoms with Crippen molar-refractivity contribution >= 4 is 5.91 Å². The third-order valence-electron chi connectivity index (χ3n) is 3.15. The summed E-state index contributed by atoms with van der Waals surface area (Å²) in [6.07, 6.45) is 0. The number of carbonyl (C=O) groups is 1. The fourth-order valence-corrected chi connectivity index (χ4v) is 2.02. The van der Waals surface area contributed by atoms with Crippen molar-refractivity contribution in [2.24, 2.45) is 5.73 Å². The molecule has 0 radical (unpaired) electrons. The van der Waals surface area contributed by atoms with E-state index in [1.54, 1.807) is 12.1 Å². The number of nitrogens with two attached hydrogens (primary N) is 1. The highest BCUT2D eigenvalue weighted by atomic mass is 19.1. The van der Waals surface area contributed by atoms with Crippen LogP contribution in [-0.2, 0) is 6.61 Å². The first kappa shape index (κ1) is 15.6. The molecule has 6 nitrogen and oxygen atoms in total. The minimum atomic E-state index is -1.22. The lowest BCUT2D eigenvalue weighted by atomic mass is 10.1. The van der Waals surface area contributed by atoms with Gasteiger partial charge in [-0.15, -0.1) is 0 Å². The standard InChI is InChI=1S/C16H11F2N3O3/c17-10-6-7-11(14(18)13(10)15(19)22)23-8-12-20-16(24-21-12)9-4-2-1-3-5-9/h1-7H,8H2,(H2,19,22). The third kappa shape index (κ3) is 3.07. The lowest BCUT2D eigenvalue weighted by Gasteiger charge is -2.07. The second kappa shape index (κ2) is 6.45. The maximum atomic E-state index is 14.0. The Labute approximate surface area is 134 Å². The first-order chi connectivity index (χ1) is 11.6. The smallest absolute Gasteiger partial charge is 0.258 e. The lowest BCUT2D eigenvalue weighted by Crippen LogP contribution is -2.16. The molecule has 24 heavy (non-hydrogen) atoms. The van der Waals surface area contributed by atoms with Crippen molar-refractivity contribution in [1.82, 2.24) is 10.1 Å². The summed E-state index contributed by atoms with van der Waals surface area (Å²) in [4.78, 5) is 15.2. The van der Waals surface area contributed by atoms with Gasteiger partial charge in [0.25, 0.3) is 11.8 Å². The lowest BCUT2D eigenvalue weighted by molar-refractivity contribution is 0.0991. The molecular weight excluding hydrogens is 320 g/mol. The van der Waals surface area contributed by atoms with Crippen molar-refractivity contribution < 1.29 is 22.8 Å². The molecule has 3 rings (SSSR count). The average Bonchev–Trinajstić information content (AvgIpc) is 3.04. The molecule has 1 heterocycles. The normalized spacial score (nSPS) is 10.6. The van der Waals surface area contributed by atoms with Crippen molar-refractivity contribution in [2.75, 3.05) is 0 Å². The Morgan fingerprint density at radius 1 is 1.17 bits per heavy atom. The van der Waals surface area contributed by atoms with E-state index in [4.69, 9.17) is 15.0 Å². The van der Waals surface area contributed by atoms with Crippen LogP contribution in [0.4, 0.5) is 8.78 Å². The van der Waals surface area contributed by atoms with Crippen LogP contribution < -0.4 is 10.5 Å². The Morgan fingerprint density at radius 3 is 2.62 bits per heavy atom. The number of aromatic nitrogens is 2. The molecule has 0 bridgehead atoms. The van der Waals surface area contributed by atoms with Gasteiger partial charge in [0.15, 0.2) is 18.2 Å². The van der Waals surface area contributed by atoms with Gasteiger partial charge in [0, 0.05) is 5.56 Å². The fourth-order valence-electron chi connectivity index (χ4n) is 2.02. The number of amides is 1. The predicted octanol–water partition coefficient (Wildman–Crippen LogP) is 2.69. The molecule has 1 aromatic heterocycles. The zero-order chi connectivity index (χ0) is 17.1. The number of primary amides is 1. The predicted molar refractivity (Wildman–Crippen MR) is 78.9 cm³/mol. The van der Waals surface area contributed by atoms with Gasteiger partial charge < -0.3 is 15.0 Å². The summed E-state index contributed by atoms with van der Waals surface area (Å²) in [7, 11) is 0. The van der Waals surface area contributed by atoms with Crippen molar-refractivity contribution in [2.45, 2.75) is 6.61 Å². The van der Waals surface area contributed by atoms with E-state index in [0.29, 0.717) is 0 Å². The van der Waals surface area contributed by atoms with E-state index < -0.39 is 23.1 Å². The van der Waals surface area contributed by atoms with E-state index in [1.807, 2.05) is 18.2 Å². The van der Waals surface area contributed by atoms with E-state index >= 15 is 0 Å². The molecule has 0 aliphatic heterocycles. The molecule has 8 heteroatoms. The molecule has 1 amide bonds. The molecular formula is C16H11F2N3O3. The summed E-state index contributed by atoms with van der Waals surface area (Å²) in [5.41, 5.74) is 4.81. The van der Waals surface area contributed by atoms with Crippen LogP contribution >= 0.6 is 0 Å². The average molecular weight is 331 g/mol. The molecule has 2 N–H and O–H groups in total. The van der Waals surface area contributed by atoms with Crippen LogP contribution in [0.5, 0.6) is 5.75 Å². The van der Waals surface area contributed by atoms with Crippen LogP contribution in [0.1, 0.15) is 16.2 Å².